The monoisotopic (exact) mass is 228 g/mol. The van der Waals surface area contributed by atoms with E-state index in [9.17, 15) is 8.42 Å². The van der Waals surface area contributed by atoms with Crippen molar-refractivity contribution < 1.29 is 13.5 Å². The maximum absolute atomic E-state index is 11.8. The first-order valence-corrected chi connectivity index (χ1v) is 6.60. The molecule has 0 amide bonds. The van der Waals surface area contributed by atoms with Crippen LogP contribution in [0.5, 0.6) is 0 Å². The fourth-order valence-corrected chi connectivity index (χ4v) is 3.08. The van der Waals surface area contributed by atoms with Gasteiger partial charge in [0.25, 0.3) is 0 Å². The average Bonchev–Trinajstić information content (AvgIpc) is 2.18. The lowest BCUT2D eigenvalue weighted by Gasteiger charge is -2.10. The van der Waals surface area contributed by atoms with Crippen LogP contribution in [0, 0.1) is 5.92 Å². The van der Waals surface area contributed by atoms with Gasteiger partial charge in [-0.3, -0.25) is 0 Å². The van der Waals surface area contributed by atoms with Gasteiger partial charge in [0.1, 0.15) is 0 Å². The highest BCUT2D eigenvalue weighted by molar-refractivity contribution is 7.91. The van der Waals surface area contributed by atoms with Crippen molar-refractivity contribution in [2.75, 3.05) is 12.4 Å². The molecule has 15 heavy (non-hydrogen) atoms. The largest absolute Gasteiger partial charge is 0.396 e. The summed E-state index contributed by atoms with van der Waals surface area (Å²) in [4.78, 5) is 0.356. The molecule has 0 bridgehead atoms. The molecule has 0 spiro atoms. The Morgan fingerprint density at radius 1 is 1.27 bits per heavy atom. The number of aliphatic hydroxyl groups excluding tert-OH is 1. The lowest BCUT2D eigenvalue weighted by Crippen LogP contribution is -2.15. The van der Waals surface area contributed by atoms with E-state index >= 15 is 0 Å². The van der Waals surface area contributed by atoms with Crippen LogP contribution in [0.4, 0.5) is 0 Å². The van der Waals surface area contributed by atoms with Crippen molar-refractivity contribution >= 4 is 9.84 Å². The molecule has 1 unspecified atom stereocenters. The van der Waals surface area contributed by atoms with Crippen molar-refractivity contribution in [1.82, 2.24) is 0 Å². The lowest BCUT2D eigenvalue weighted by molar-refractivity contribution is 0.268. The SMILES string of the molecule is CC(CCO)CS(=O)(=O)c1ccccc1. The number of benzene rings is 1. The van der Waals surface area contributed by atoms with Gasteiger partial charge in [-0.1, -0.05) is 25.1 Å². The second kappa shape index (κ2) is 5.28. The zero-order valence-corrected chi connectivity index (χ0v) is 9.57. The number of aliphatic hydroxyl groups is 1. The van der Waals surface area contributed by atoms with Crippen LogP contribution in [0.15, 0.2) is 35.2 Å². The first kappa shape index (κ1) is 12.2. The summed E-state index contributed by atoms with van der Waals surface area (Å²) in [5.74, 6) is 0.0811. The summed E-state index contributed by atoms with van der Waals surface area (Å²) in [6.45, 7) is 1.86. The summed E-state index contributed by atoms with van der Waals surface area (Å²) in [5.41, 5.74) is 0. The number of hydrogen-bond donors (Lipinski definition) is 1. The minimum Gasteiger partial charge on any atom is -0.396 e. The highest BCUT2D eigenvalue weighted by Gasteiger charge is 2.17. The van der Waals surface area contributed by atoms with Crippen molar-refractivity contribution in [3.63, 3.8) is 0 Å². The van der Waals surface area contributed by atoms with Crippen LogP contribution in [0.25, 0.3) is 0 Å². The van der Waals surface area contributed by atoms with E-state index < -0.39 is 9.84 Å². The van der Waals surface area contributed by atoms with Gasteiger partial charge in [0.15, 0.2) is 9.84 Å². The summed E-state index contributed by atoms with van der Waals surface area (Å²) in [6, 6.07) is 8.41. The van der Waals surface area contributed by atoms with Gasteiger partial charge >= 0.3 is 0 Å². The molecular formula is C11H16O3S. The Kier molecular flexibility index (Phi) is 4.29. The fraction of sp³-hybridized carbons (Fsp3) is 0.455. The van der Waals surface area contributed by atoms with Crippen LogP contribution in [0.2, 0.25) is 0 Å². The van der Waals surface area contributed by atoms with Crippen molar-refractivity contribution in [1.29, 1.82) is 0 Å². The Morgan fingerprint density at radius 3 is 2.40 bits per heavy atom. The van der Waals surface area contributed by atoms with Crippen LogP contribution in [-0.4, -0.2) is 25.9 Å². The van der Waals surface area contributed by atoms with E-state index in [1.165, 1.54) is 0 Å². The Bertz CT molecular complexity index is 384. The van der Waals surface area contributed by atoms with E-state index in [1.807, 2.05) is 6.92 Å². The molecule has 1 atom stereocenters. The number of hydrogen-bond acceptors (Lipinski definition) is 3. The normalized spacial score (nSPS) is 13.7. The van der Waals surface area contributed by atoms with Gasteiger partial charge in [-0.15, -0.1) is 0 Å². The molecule has 0 radical (unpaired) electrons. The molecule has 84 valence electrons. The van der Waals surface area contributed by atoms with Gasteiger partial charge in [0, 0.05) is 6.61 Å². The predicted octanol–water partition coefficient (Wildman–Crippen LogP) is 1.48. The maximum Gasteiger partial charge on any atom is 0.178 e. The van der Waals surface area contributed by atoms with Crippen molar-refractivity contribution in [2.24, 2.45) is 5.92 Å². The van der Waals surface area contributed by atoms with E-state index in [0.29, 0.717) is 11.3 Å². The highest BCUT2D eigenvalue weighted by Crippen LogP contribution is 2.15. The molecule has 0 fully saturated rings. The third kappa shape index (κ3) is 3.64. The van der Waals surface area contributed by atoms with E-state index in [-0.39, 0.29) is 18.3 Å². The Balaban J connectivity index is 2.77. The van der Waals surface area contributed by atoms with Gasteiger partial charge in [-0.2, -0.15) is 0 Å². The Hall–Kier alpha value is -0.870. The summed E-state index contributed by atoms with van der Waals surface area (Å²) in [7, 11) is -3.19. The second-order valence-corrected chi connectivity index (χ2v) is 5.75. The molecule has 0 saturated carbocycles. The van der Waals surface area contributed by atoms with Crippen molar-refractivity contribution in [3.05, 3.63) is 30.3 Å². The zero-order chi connectivity index (χ0) is 11.3. The maximum atomic E-state index is 11.8. The van der Waals surface area contributed by atoms with Crippen molar-refractivity contribution in [2.45, 2.75) is 18.2 Å². The summed E-state index contributed by atoms with van der Waals surface area (Å²) in [5, 5.41) is 8.71. The molecule has 3 nitrogen and oxygen atoms in total. The summed E-state index contributed by atoms with van der Waals surface area (Å²) >= 11 is 0. The van der Waals surface area contributed by atoms with E-state index in [4.69, 9.17) is 5.11 Å². The highest BCUT2D eigenvalue weighted by atomic mass is 32.2. The fourth-order valence-electron chi connectivity index (χ4n) is 1.40. The molecule has 0 heterocycles. The van der Waals surface area contributed by atoms with Crippen LogP contribution in [-0.2, 0) is 9.84 Å². The predicted molar refractivity (Wildman–Crippen MR) is 59.4 cm³/mol. The van der Waals surface area contributed by atoms with E-state index in [1.54, 1.807) is 30.3 Å². The molecule has 1 aromatic carbocycles. The summed E-state index contributed by atoms with van der Waals surface area (Å²) in [6.07, 6.45) is 0.520. The molecule has 1 rings (SSSR count). The quantitative estimate of drug-likeness (QED) is 0.830. The molecule has 1 N–H and O–H groups in total. The van der Waals surface area contributed by atoms with Gasteiger partial charge in [0.05, 0.1) is 10.6 Å². The Labute approximate surface area is 90.7 Å². The molecule has 0 aliphatic carbocycles. The minimum absolute atomic E-state index is 0.0137. The van der Waals surface area contributed by atoms with Crippen LogP contribution < -0.4 is 0 Å². The average molecular weight is 228 g/mol. The van der Waals surface area contributed by atoms with Gasteiger partial charge in [0.2, 0.25) is 0 Å². The smallest absolute Gasteiger partial charge is 0.178 e. The van der Waals surface area contributed by atoms with Crippen LogP contribution >= 0.6 is 0 Å². The van der Waals surface area contributed by atoms with E-state index in [0.717, 1.165) is 0 Å². The van der Waals surface area contributed by atoms with Gasteiger partial charge < -0.3 is 5.11 Å². The molecule has 1 aromatic rings. The molecular weight excluding hydrogens is 212 g/mol. The minimum atomic E-state index is -3.19. The van der Waals surface area contributed by atoms with Gasteiger partial charge in [-0.05, 0) is 24.5 Å². The zero-order valence-electron chi connectivity index (χ0n) is 8.76. The molecule has 4 heteroatoms. The number of sulfone groups is 1. The third-order valence-electron chi connectivity index (χ3n) is 2.23. The van der Waals surface area contributed by atoms with Crippen molar-refractivity contribution in [3.8, 4) is 0 Å². The topological polar surface area (TPSA) is 54.4 Å². The van der Waals surface area contributed by atoms with Crippen LogP contribution in [0.3, 0.4) is 0 Å². The van der Waals surface area contributed by atoms with Crippen LogP contribution in [0.1, 0.15) is 13.3 Å². The summed E-state index contributed by atoms with van der Waals surface area (Å²) < 4.78 is 23.7. The van der Waals surface area contributed by atoms with E-state index in [2.05, 4.69) is 0 Å². The third-order valence-corrected chi connectivity index (χ3v) is 4.23. The number of rotatable bonds is 5. The van der Waals surface area contributed by atoms with Gasteiger partial charge in [-0.25, -0.2) is 8.42 Å². The second-order valence-electron chi connectivity index (χ2n) is 3.71. The standard InChI is InChI=1S/C11H16O3S/c1-10(7-8-12)9-15(13,14)11-5-3-2-4-6-11/h2-6,10,12H,7-9H2,1H3. The molecule has 0 aliphatic rings. The molecule has 0 aliphatic heterocycles. The lowest BCUT2D eigenvalue weighted by atomic mass is 10.1. The molecule has 0 aromatic heterocycles. The first-order chi connectivity index (χ1) is 7.06. The molecule has 0 saturated heterocycles. The first-order valence-electron chi connectivity index (χ1n) is 4.95. The Morgan fingerprint density at radius 2 is 1.87 bits per heavy atom.